The van der Waals surface area contributed by atoms with Crippen LogP contribution in [0.4, 0.5) is 0 Å². The second-order valence-electron chi connectivity index (χ2n) is 11.0. The van der Waals surface area contributed by atoms with Gasteiger partial charge in [0.05, 0.1) is 11.6 Å². The van der Waals surface area contributed by atoms with E-state index in [0.717, 1.165) is 40.5 Å². The Morgan fingerprint density at radius 2 is 1.80 bits per heavy atom. The number of hydrogen-bond acceptors (Lipinski definition) is 5. The maximum absolute atomic E-state index is 13.9. The lowest BCUT2D eigenvalue weighted by molar-refractivity contribution is -0.139. The molecule has 0 spiro atoms. The Balaban J connectivity index is 1.16. The van der Waals surface area contributed by atoms with Gasteiger partial charge in [0.25, 0.3) is 0 Å². The molecular formula is C31H33BrN6O2. The van der Waals surface area contributed by atoms with Crippen molar-refractivity contribution >= 4 is 38.8 Å². The van der Waals surface area contributed by atoms with E-state index >= 15 is 0 Å². The molecule has 4 aromatic rings. The van der Waals surface area contributed by atoms with Crippen molar-refractivity contribution in [3.63, 3.8) is 0 Å². The van der Waals surface area contributed by atoms with Crippen molar-refractivity contribution in [3.05, 3.63) is 94.0 Å². The molecule has 0 radical (unpaired) electrons. The second kappa shape index (κ2) is 11.5. The first-order valence-electron chi connectivity index (χ1n) is 13.8. The number of nitrogens with zero attached hydrogens (tertiary/aromatic N) is 4. The maximum Gasteiger partial charge on any atom is 0.243 e. The molecular weight excluding hydrogens is 568 g/mol. The summed E-state index contributed by atoms with van der Waals surface area (Å²) in [5.74, 6) is 0.420. The molecule has 40 heavy (non-hydrogen) atoms. The summed E-state index contributed by atoms with van der Waals surface area (Å²) < 4.78 is 2.77. The number of likely N-dealkylation sites (tertiary alicyclic amines) is 1. The highest BCUT2D eigenvalue weighted by Gasteiger charge is 2.43. The van der Waals surface area contributed by atoms with Crippen molar-refractivity contribution in [3.8, 4) is 0 Å². The van der Waals surface area contributed by atoms with E-state index in [-0.39, 0.29) is 23.8 Å². The second-order valence-corrected chi connectivity index (χ2v) is 11.9. The zero-order chi connectivity index (χ0) is 27.6. The highest BCUT2D eigenvalue weighted by Crippen LogP contribution is 2.31. The number of aromatic nitrogens is 3. The summed E-state index contributed by atoms with van der Waals surface area (Å²) in [5, 5.41) is 14.8. The first-order valence-corrected chi connectivity index (χ1v) is 14.6. The number of benzene rings is 3. The normalized spacial score (nSPS) is 22.6. The van der Waals surface area contributed by atoms with Gasteiger partial charge >= 0.3 is 0 Å². The van der Waals surface area contributed by atoms with Gasteiger partial charge in [0, 0.05) is 31.2 Å². The number of amides is 2. The molecule has 2 fully saturated rings. The van der Waals surface area contributed by atoms with Gasteiger partial charge in [-0.2, -0.15) is 0 Å². The topological polar surface area (TPSA) is 92.2 Å². The Hall–Kier alpha value is -3.56. The molecule has 2 aliphatic rings. The van der Waals surface area contributed by atoms with Crippen LogP contribution in [0.2, 0.25) is 0 Å². The van der Waals surface area contributed by atoms with Gasteiger partial charge in [0.1, 0.15) is 11.6 Å². The summed E-state index contributed by atoms with van der Waals surface area (Å²) in [6.45, 7) is 1.71. The van der Waals surface area contributed by atoms with Gasteiger partial charge in [-0.1, -0.05) is 69.7 Å². The summed E-state index contributed by atoms with van der Waals surface area (Å²) in [7, 11) is 1.86. The van der Waals surface area contributed by atoms with E-state index in [1.807, 2.05) is 60.5 Å². The molecule has 0 aliphatic carbocycles. The third-order valence-corrected chi connectivity index (χ3v) is 8.78. The van der Waals surface area contributed by atoms with Crippen LogP contribution in [0, 0.1) is 5.92 Å². The van der Waals surface area contributed by atoms with Crippen LogP contribution in [0.1, 0.15) is 35.4 Å². The third kappa shape index (κ3) is 5.67. The predicted octanol–water partition coefficient (Wildman–Crippen LogP) is 3.95. The van der Waals surface area contributed by atoms with E-state index in [1.165, 1.54) is 11.1 Å². The van der Waals surface area contributed by atoms with Gasteiger partial charge in [-0.15, -0.1) is 5.10 Å². The van der Waals surface area contributed by atoms with Crippen molar-refractivity contribution in [1.82, 2.24) is 30.5 Å². The van der Waals surface area contributed by atoms with Crippen molar-refractivity contribution in [1.29, 1.82) is 0 Å². The standard InChI is InChI=1S/C31H33BrN6O2/c1-37-28-12-9-21(14-26(28)35-36-37)17-34-30(39)29-15-22(13-20-7-10-25(32)11-8-20)19-38(29)31(40)27-16-24(18-33-27)23-5-3-2-4-6-23/h2-12,14,22,24,27,29,33H,13,15-19H2,1H3,(H,34,39). The van der Waals surface area contributed by atoms with Gasteiger partial charge in [-0.05, 0) is 72.1 Å². The van der Waals surface area contributed by atoms with Crippen molar-refractivity contribution in [2.45, 2.75) is 43.8 Å². The number of halogens is 1. The Labute approximate surface area is 242 Å². The molecule has 206 valence electrons. The Morgan fingerprint density at radius 3 is 2.60 bits per heavy atom. The molecule has 2 saturated heterocycles. The van der Waals surface area contributed by atoms with E-state index in [2.05, 4.69) is 61.1 Å². The predicted molar refractivity (Wildman–Crippen MR) is 157 cm³/mol. The maximum atomic E-state index is 13.9. The fraction of sp³-hybridized carbons (Fsp3) is 0.355. The molecule has 1 aromatic heterocycles. The lowest BCUT2D eigenvalue weighted by Gasteiger charge is -2.27. The van der Waals surface area contributed by atoms with E-state index in [1.54, 1.807) is 4.68 Å². The van der Waals surface area contributed by atoms with Gasteiger partial charge in [0.2, 0.25) is 11.8 Å². The highest BCUT2D eigenvalue weighted by atomic mass is 79.9. The molecule has 4 atom stereocenters. The summed E-state index contributed by atoms with van der Waals surface area (Å²) >= 11 is 3.50. The summed E-state index contributed by atoms with van der Waals surface area (Å²) in [6.07, 6.45) is 2.21. The van der Waals surface area contributed by atoms with Crippen molar-refractivity contribution < 1.29 is 9.59 Å². The monoisotopic (exact) mass is 600 g/mol. The molecule has 0 bridgehead atoms. The van der Waals surface area contributed by atoms with E-state index in [0.29, 0.717) is 25.4 Å². The zero-order valence-electron chi connectivity index (χ0n) is 22.5. The molecule has 2 N–H and O–H groups in total. The highest BCUT2D eigenvalue weighted by molar-refractivity contribution is 9.10. The number of nitrogens with one attached hydrogen (secondary N) is 2. The van der Waals surface area contributed by atoms with E-state index in [4.69, 9.17) is 0 Å². The number of rotatable bonds is 7. The lowest BCUT2D eigenvalue weighted by atomic mass is 9.96. The van der Waals surface area contributed by atoms with E-state index < -0.39 is 6.04 Å². The number of hydrogen-bond donors (Lipinski definition) is 2. The summed E-state index contributed by atoms with van der Waals surface area (Å²) in [5.41, 5.74) is 5.14. The van der Waals surface area contributed by atoms with Crippen LogP contribution in [0.15, 0.2) is 77.3 Å². The van der Waals surface area contributed by atoms with Crippen molar-refractivity contribution in [2.75, 3.05) is 13.1 Å². The molecule has 2 aliphatic heterocycles. The number of fused-ring (bicyclic) bond motifs is 1. The molecule has 3 heterocycles. The van der Waals surface area contributed by atoms with Crippen molar-refractivity contribution in [2.24, 2.45) is 13.0 Å². The average molecular weight is 602 g/mol. The van der Waals surface area contributed by atoms with Crippen LogP contribution in [0.5, 0.6) is 0 Å². The number of aryl methyl sites for hydroxylation is 1. The number of carbonyl (C=O) groups excluding carboxylic acids is 2. The Morgan fingerprint density at radius 1 is 1.02 bits per heavy atom. The van der Waals surface area contributed by atoms with Gasteiger partial charge in [-0.25, -0.2) is 4.68 Å². The Kier molecular flexibility index (Phi) is 7.67. The average Bonchev–Trinajstić information content (AvgIpc) is 3.72. The number of carbonyl (C=O) groups is 2. The minimum absolute atomic E-state index is 0.0258. The van der Waals surface area contributed by atoms with Crippen LogP contribution < -0.4 is 10.6 Å². The van der Waals surface area contributed by atoms with Crippen LogP contribution in [0.25, 0.3) is 11.0 Å². The van der Waals surface area contributed by atoms with Gasteiger partial charge in [-0.3, -0.25) is 9.59 Å². The zero-order valence-corrected chi connectivity index (χ0v) is 24.0. The quantitative estimate of drug-likeness (QED) is 0.335. The first kappa shape index (κ1) is 26.7. The SMILES string of the molecule is Cn1nnc2cc(CNC(=O)C3CC(Cc4ccc(Br)cc4)CN3C(=O)C3CC(c4ccccc4)CN3)ccc21. The molecule has 3 aromatic carbocycles. The molecule has 0 saturated carbocycles. The molecule has 2 amide bonds. The molecule has 8 nitrogen and oxygen atoms in total. The third-order valence-electron chi connectivity index (χ3n) is 8.25. The van der Waals surface area contributed by atoms with Gasteiger partial charge in [0.15, 0.2) is 0 Å². The fourth-order valence-electron chi connectivity index (χ4n) is 6.12. The smallest absolute Gasteiger partial charge is 0.243 e. The largest absolute Gasteiger partial charge is 0.350 e. The molecule has 9 heteroatoms. The van der Waals surface area contributed by atoms with Crippen LogP contribution >= 0.6 is 15.9 Å². The molecule has 4 unspecified atom stereocenters. The minimum atomic E-state index is -0.495. The first-order chi connectivity index (χ1) is 19.4. The summed E-state index contributed by atoms with van der Waals surface area (Å²) in [4.78, 5) is 29.3. The fourth-order valence-corrected chi connectivity index (χ4v) is 6.39. The summed E-state index contributed by atoms with van der Waals surface area (Å²) in [6, 6.07) is 23.7. The van der Waals surface area contributed by atoms with Crippen LogP contribution in [-0.2, 0) is 29.6 Å². The lowest BCUT2D eigenvalue weighted by Crippen LogP contribution is -2.51. The van der Waals surface area contributed by atoms with E-state index in [9.17, 15) is 9.59 Å². The van der Waals surface area contributed by atoms with Crippen LogP contribution in [0.3, 0.4) is 0 Å². The minimum Gasteiger partial charge on any atom is -0.350 e. The van der Waals surface area contributed by atoms with Crippen LogP contribution in [-0.4, -0.2) is 56.9 Å². The molecule has 6 rings (SSSR count). The van der Waals surface area contributed by atoms with Gasteiger partial charge < -0.3 is 15.5 Å². The Bertz CT molecular complexity index is 1510.